The molecule has 3 aromatic carbocycles. The normalized spacial score (nSPS) is 16.6. The molecule has 3 aromatic heterocycles. The highest BCUT2D eigenvalue weighted by Crippen LogP contribution is 2.33. The van der Waals surface area contributed by atoms with Gasteiger partial charge in [0, 0.05) is 29.7 Å². The number of rotatable bonds is 7. The van der Waals surface area contributed by atoms with E-state index in [1.165, 1.54) is 31.5 Å². The monoisotopic (exact) mass is 717 g/mol. The second kappa shape index (κ2) is 12.9. The SMILES string of the molecule is Cc1c(Cl)cccc1S(=O)(=O)Nc1ccc(F)c(Nc2ncnc3ccc(-n4cc(C(=O)N5C[C@@H](C)O[C@@H](C)C5)c5ccccc54)nc23)c1F. The Bertz CT molecular complexity index is 2410. The Balaban J connectivity index is 1.26. The third-order valence-electron chi connectivity index (χ3n) is 8.45. The van der Waals surface area contributed by atoms with Gasteiger partial charge < -0.3 is 19.5 Å². The number of carbonyl (C=O) groups is 1. The number of aromatic nitrogens is 4. The summed E-state index contributed by atoms with van der Waals surface area (Å²) in [5.41, 5.74) is 0.858. The molecule has 4 heterocycles. The number of benzene rings is 3. The average molecular weight is 718 g/mol. The largest absolute Gasteiger partial charge is 0.372 e. The van der Waals surface area contributed by atoms with Crippen molar-refractivity contribution in [3.8, 4) is 5.82 Å². The van der Waals surface area contributed by atoms with Crippen molar-refractivity contribution < 1.29 is 26.7 Å². The highest BCUT2D eigenvalue weighted by molar-refractivity contribution is 7.92. The fourth-order valence-corrected chi connectivity index (χ4v) is 7.71. The van der Waals surface area contributed by atoms with E-state index in [2.05, 4.69) is 20.0 Å². The third kappa shape index (κ3) is 6.10. The Kier molecular flexibility index (Phi) is 8.62. The molecule has 0 radical (unpaired) electrons. The highest BCUT2D eigenvalue weighted by atomic mass is 35.5. The second-order valence-corrected chi connectivity index (χ2v) is 14.1. The zero-order valence-electron chi connectivity index (χ0n) is 27.0. The molecule has 11 nitrogen and oxygen atoms in total. The van der Waals surface area contributed by atoms with Crippen molar-refractivity contribution in [2.75, 3.05) is 23.1 Å². The molecule has 0 saturated carbocycles. The van der Waals surface area contributed by atoms with E-state index < -0.39 is 33.0 Å². The van der Waals surface area contributed by atoms with Gasteiger partial charge in [0.05, 0.1) is 39.4 Å². The molecule has 1 saturated heterocycles. The Morgan fingerprint density at radius 2 is 1.74 bits per heavy atom. The number of morpholine rings is 1. The first-order valence-electron chi connectivity index (χ1n) is 15.6. The van der Waals surface area contributed by atoms with Crippen LogP contribution in [0.5, 0.6) is 0 Å². The lowest BCUT2D eigenvalue weighted by Gasteiger charge is -2.35. The number of nitrogens with zero attached hydrogens (tertiary/aromatic N) is 5. The van der Waals surface area contributed by atoms with E-state index in [1.807, 2.05) is 38.1 Å². The van der Waals surface area contributed by atoms with Crippen LogP contribution >= 0.6 is 11.6 Å². The molecule has 0 unspecified atom stereocenters. The Morgan fingerprint density at radius 3 is 2.52 bits per heavy atom. The van der Waals surface area contributed by atoms with Crippen molar-refractivity contribution in [3.05, 3.63) is 107 Å². The highest BCUT2D eigenvalue weighted by Gasteiger charge is 2.29. The predicted octanol–water partition coefficient (Wildman–Crippen LogP) is 7.00. The summed E-state index contributed by atoms with van der Waals surface area (Å²) in [5, 5.41) is 3.60. The quantitative estimate of drug-likeness (QED) is 0.181. The molecule has 1 amide bonds. The van der Waals surface area contributed by atoms with Crippen molar-refractivity contribution >= 4 is 66.7 Å². The number of ether oxygens (including phenoxy) is 1. The average Bonchev–Trinajstić information content (AvgIpc) is 3.48. The molecule has 1 fully saturated rings. The minimum Gasteiger partial charge on any atom is -0.372 e. The predicted molar refractivity (Wildman–Crippen MR) is 187 cm³/mol. The Hall–Kier alpha value is -5.18. The third-order valence-corrected chi connectivity index (χ3v) is 10.4. The summed E-state index contributed by atoms with van der Waals surface area (Å²) in [6, 6.07) is 17.1. The van der Waals surface area contributed by atoms with Crippen LogP contribution < -0.4 is 10.0 Å². The van der Waals surface area contributed by atoms with Crippen LogP contribution in [0.15, 0.2) is 84.1 Å². The van der Waals surface area contributed by atoms with Crippen LogP contribution in [0.25, 0.3) is 27.8 Å². The van der Waals surface area contributed by atoms with Gasteiger partial charge in [-0.1, -0.05) is 35.9 Å². The molecule has 1 aliphatic rings. The van der Waals surface area contributed by atoms with Crippen molar-refractivity contribution in [1.82, 2.24) is 24.4 Å². The standard InChI is InChI=1S/C35H30ClF2N7O4S/c1-19-15-44(16-20(2)49-19)35(46)23-17-45(28-9-5-4-7-22(23)28)30-14-13-27-33(41-30)34(40-18-39-27)42-32-25(37)11-12-26(31(32)38)43-50(47,48)29-10-6-8-24(36)21(29)3/h4-14,17-20,43H,15-16H2,1-3H3,(H,39,40,42)/t19-,20+. The zero-order valence-corrected chi connectivity index (χ0v) is 28.6. The Labute approximate surface area is 290 Å². The van der Waals surface area contributed by atoms with Gasteiger partial charge >= 0.3 is 0 Å². The molecule has 2 N–H and O–H groups in total. The summed E-state index contributed by atoms with van der Waals surface area (Å²) in [7, 11) is -4.30. The molecule has 6 aromatic rings. The summed E-state index contributed by atoms with van der Waals surface area (Å²) in [5.74, 6) is -1.99. The molecular weight excluding hydrogens is 688 g/mol. The first kappa shape index (κ1) is 33.3. The number of hydrogen-bond donors (Lipinski definition) is 2. The second-order valence-electron chi connectivity index (χ2n) is 12.0. The number of sulfonamides is 1. The van der Waals surface area contributed by atoms with Crippen LogP contribution in [-0.2, 0) is 14.8 Å². The lowest BCUT2D eigenvalue weighted by molar-refractivity contribution is -0.0585. The van der Waals surface area contributed by atoms with Crippen molar-refractivity contribution in [1.29, 1.82) is 0 Å². The molecule has 15 heteroatoms. The number of carbonyl (C=O) groups excluding carboxylic acids is 1. The fraction of sp³-hybridized carbons (Fsp3) is 0.200. The fourth-order valence-electron chi connectivity index (χ4n) is 6.15. The van der Waals surface area contributed by atoms with E-state index >= 15 is 8.78 Å². The maximum Gasteiger partial charge on any atom is 0.262 e. The van der Waals surface area contributed by atoms with E-state index in [0.29, 0.717) is 30.0 Å². The van der Waals surface area contributed by atoms with Gasteiger partial charge in [0.1, 0.15) is 29.2 Å². The number of pyridine rings is 1. The van der Waals surface area contributed by atoms with E-state index in [1.54, 1.807) is 27.8 Å². The maximum absolute atomic E-state index is 15.9. The van der Waals surface area contributed by atoms with Gasteiger partial charge in [-0.3, -0.25) is 9.52 Å². The van der Waals surface area contributed by atoms with Gasteiger partial charge in [-0.25, -0.2) is 32.2 Å². The molecule has 7 rings (SSSR count). The maximum atomic E-state index is 15.9. The minimum absolute atomic E-state index is 0.0376. The van der Waals surface area contributed by atoms with Crippen LogP contribution in [0.2, 0.25) is 5.02 Å². The number of amides is 1. The van der Waals surface area contributed by atoms with E-state index in [4.69, 9.17) is 21.3 Å². The lowest BCUT2D eigenvalue weighted by atomic mass is 10.1. The van der Waals surface area contributed by atoms with Crippen LogP contribution in [0.1, 0.15) is 29.8 Å². The van der Waals surface area contributed by atoms with E-state index in [9.17, 15) is 13.2 Å². The van der Waals surface area contributed by atoms with Crippen molar-refractivity contribution in [2.45, 2.75) is 37.9 Å². The van der Waals surface area contributed by atoms with Gasteiger partial charge in [-0.05, 0) is 68.8 Å². The summed E-state index contributed by atoms with van der Waals surface area (Å²) in [4.78, 5) is 28.7. The molecule has 0 bridgehead atoms. The number of anilines is 3. The molecule has 1 aliphatic heterocycles. The van der Waals surface area contributed by atoms with Crippen molar-refractivity contribution in [2.24, 2.45) is 0 Å². The molecule has 256 valence electrons. The number of halogens is 3. The summed E-state index contributed by atoms with van der Waals surface area (Å²) in [6.45, 7) is 6.30. The number of nitrogens with one attached hydrogen (secondary N) is 2. The van der Waals surface area contributed by atoms with Gasteiger partial charge in [0.2, 0.25) is 0 Å². The topological polar surface area (TPSA) is 131 Å². The van der Waals surface area contributed by atoms with Crippen LogP contribution in [0.3, 0.4) is 0 Å². The summed E-state index contributed by atoms with van der Waals surface area (Å²) < 4.78 is 67.2. The van der Waals surface area contributed by atoms with E-state index in [-0.39, 0.29) is 44.9 Å². The van der Waals surface area contributed by atoms with Gasteiger partial charge in [0.15, 0.2) is 11.6 Å². The number of para-hydroxylation sites is 1. The summed E-state index contributed by atoms with van der Waals surface area (Å²) in [6.07, 6.45) is 2.72. The van der Waals surface area contributed by atoms with Crippen molar-refractivity contribution in [3.63, 3.8) is 0 Å². The first-order chi connectivity index (χ1) is 23.9. The van der Waals surface area contributed by atoms with Gasteiger partial charge in [0.25, 0.3) is 15.9 Å². The smallest absolute Gasteiger partial charge is 0.262 e. The van der Waals surface area contributed by atoms with Gasteiger partial charge in [-0.2, -0.15) is 0 Å². The van der Waals surface area contributed by atoms with Crippen LogP contribution in [0.4, 0.5) is 26.0 Å². The van der Waals surface area contributed by atoms with Gasteiger partial charge in [-0.15, -0.1) is 0 Å². The van der Waals surface area contributed by atoms with E-state index in [0.717, 1.165) is 23.0 Å². The van der Waals surface area contributed by atoms with Crippen LogP contribution in [0, 0.1) is 18.6 Å². The lowest BCUT2D eigenvalue weighted by Crippen LogP contribution is -2.48. The zero-order chi connectivity index (χ0) is 35.3. The summed E-state index contributed by atoms with van der Waals surface area (Å²) >= 11 is 6.11. The Morgan fingerprint density at radius 1 is 0.980 bits per heavy atom. The minimum atomic E-state index is -4.30. The number of hydrogen-bond acceptors (Lipinski definition) is 8. The van der Waals surface area contributed by atoms with Crippen LogP contribution in [-0.4, -0.2) is 64.0 Å². The molecule has 0 aliphatic carbocycles. The molecular formula is C35H30ClF2N7O4S. The molecule has 0 spiro atoms. The molecule has 50 heavy (non-hydrogen) atoms. The molecule has 2 atom stereocenters. The first-order valence-corrected chi connectivity index (χ1v) is 17.5. The number of fused-ring (bicyclic) bond motifs is 2.